The van der Waals surface area contributed by atoms with E-state index in [1.54, 1.807) is 24.3 Å². The Bertz CT molecular complexity index is 826. The zero-order chi connectivity index (χ0) is 20.0. The first-order chi connectivity index (χ1) is 12.8. The quantitative estimate of drug-likeness (QED) is 0.445. The van der Waals surface area contributed by atoms with Crippen molar-refractivity contribution in [1.82, 2.24) is 4.90 Å². The molecule has 0 radical (unpaired) electrons. The van der Waals surface area contributed by atoms with Gasteiger partial charge in [0.15, 0.2) is 0 Å². The van der Waals surface area contributed by atoms with Crippen LogP contribution in [-0.2, 0) is 4.79 Å². The van der Waals surface area contributed by atoms with Gasteiger partial charge in [0.1, 0.15) is 17.1 Å². The molecule has 2 aromatic carbocycles. The highest BCUT2D eigenvalue weighted by Gasteiger charge is 2.26. The first kappa shape index (κ1) is 20.3. The molecule has 0 spiro atoms. The van der Waals surface area contributed by atoms with Gasteiger partial charge >= 0.3 is 0 Å². The predicted octanol–water partition coefficient (Wildman–Crippen LogP) is 3.62. The van der Waals surface area contributed by atoms with Crippen LogP contribution in [0.1, 0.15) is 12.5 Å². The third kappa shape index (κ3) is 5.24. The monoisotopic (exact) mass is 369 g/mol. The third-order valence-corrected chi connectivity index (χ3v) is 4.04. The van der Waals surface area contributed by atoms with Gasteiger partial charge < -0.3 is 14.9 Å². The Balaban J connectivity index is 2.42. The van der Waals surface area contributed by atoms with E-state index >= 15 is 0 Å². The molecular formula is C21H24FN3O2. The van der Waals surface area contributed by atoms with Gasteiger partial charge in [-0.2, -0.15) is 0 Å². The lowest BCUT2D eigenvalue weighted by atomic mass is 10.00. The van der Waals surface area contributed by atoms with Gasteiger partial charge in [0.2, 0.25) is 0 Å². The van der Waals surface area contributed by atoms with Crippen LogP contribution < -0.4 is 4.90 Å². The van der Waals surface area contributed by atoms with Crippen molar-refractivity contribution in [3.05, 3.63) is 77.3 Å². The standard InChI is InChI=1S/C21H24FN3O2/c1-15(26)19(20(23)16-7-5-4-6-8-16)21(27)25(14-13-24(2)3)18-11-9-17(22)10-12-18/h4-12,23,26H,13-14H2,1-3H3. The highest BCUT2D eigenvalue weighted by Crippen LogP contribution is 2.21. The van der Waals surface area contributed by atoms with Crippen LogP contribution in [0.25, 0.3) is 0 Å². The summed E-state index contributed by atoms with van der Waals surface area (Å²) >= 11 is 0. The molecular weight excluding hydrogens is 345 g/mol. The molecule has 2 rings (SSSR count). The number of carbonyl (C=O) groups excluding carboxylic acids is 1. The maximum Gasteiger partial charge on any atom is 0.263 e. The number of nitrogens with zero attached hydrogens (tertiary/aromatic N) is 2. The number of anilines is 1. The maximum absolute atomic E-state index is 13.3. The lowest BCUT2D eigenvalue weighted by Crippen LogP contribution is -2.39. The molecule has 2 N–H and O–H groups in total. The predicted molar refractivity (Wildman–Crippen MR) is 106 cm³/mol. The largest absolute Gasteiger partial charge is 0.512 e. The molecule has 1 amide bonds. The highest BCUT2D eigenvalue weighted by atomic mass is 19.1. The lowest BCUT2D eigenvalue weighted by molar-refractivity contribution is -0.114. The van der Waals surface area contributed by atoms with Gasteiger partial charge in [-0.05, 0) is 45.3 Å². The molecule has 0 bridgehead atoms. The van der Waals surface area contributed by atoms with Gasteiger partial charge in [-0.3, -0.25) is 10.2 Å². The van der Waals surface area contributed by atoms with Crippen LogP contribution in [-0.4, -0.2) is 48.8 Å². The molecule has 2 aromatic rings. The van der Waals surface area contributed by atoms with Crippen molar-refractivity contribution in [3.63, 3.8) is 0 Å². The molecule has 0 saturated carbocycles. The Hall–Kier alpha value is -2.99. The van der Waals surface area contributed by atoms with E-state index in [1.165, 1.54) is 36.1 Å². The Morgan fingerprint density at radius 1 is 1.04 bits per heavy atom. The molecule has 0 atom stereocenters. The van der Waals surface area contributed by atoms with Crippen LogP contribution >= 0.6 is 0 Å². The second-order valence-electron chi connectivity index (χ2n) is 6.44. The van der Waals surface area contributed by atoms with Crippen LogP contribution in [0.3, 0.4) is 0 Å². The zero-order valence-electron chi connectivity index (χ0n) is 15.7. The second-order valence-corrected chi connectivity index (χ2v) is 6.44. The van der Waals surface area contributed by atoms with Crippen molar-refractivity contribution in [2.75, 3.05) is 32.1 Å². The second kappa shape index (κ2) is 9.09. The molecule has 0 aliphatic heterocycles. The summed E-state index contributed by atoms with van der Waals surface area (Å²) in [5, 5.41) is 18.6. The summed E-state index contributed by atoms with van der Waals surface area (Å²) in [5.74, 6) is -1.13. The number of amides is 1. The van der Waals surface area contributed by atoms with Crippen LogP contribution in [0.4, 0.5) is 10.1 Å². The smallest absolute Gasteiger partial charge is 0.263 e. The fourth-order valence-corrected chi connectivity index (χ4v) is 2.60. The normalized spacial score (nSPS) is 11.9. The number of carbonyl (C=O) groups is 1. The van der Waals surface area contributed by atoms with Gasteiger partial charge in [0.25, 0.3) is 5.91 Å². The topological polar surface area (TPSA) is 67.6 Å². The lowest BCUT2D eigenvalue weighted by Gasteiger charge is -2.26. The molecule has 0 saturated heterocycles. The minimum absolute atomic E-state index is 0.0578. The molecule has 0 aromatic heterocycles. The number of nitrogens with one attached hydrogen (secondary N) is 1. The first-order valence-electron chi connectivity index (χ1n) is 8.57. The molecule has 0 unspecified atom stereocenters. The van der Waals surface area contributed by atoms with Crippen molar-refractivity contribution in [2.24, 2.45) is 0 Å². The van der Waals surface area contributed by atoms with Gasteiger partial charge in [0, 0.05) is 24.3 Å². The number of benzene rings is 2. The molecule has 27 heavy (non-hydrogen) atoms. The number of likely N-dealkylation sites (N-methyl/N-ethyl adjacent to an activating group) is 1. The summed E-state index contributed by atoms with van der Waals surface area (Å²) in [4.78, 5) is 16.6. The van der Waals surface area contributed by atoms with Crippen molar-refractivity contribution in [2.45, 2.75) is 6.92 Å². The molecule has 5 nitrogen and oxygen atoms in total. The van der Waals surface area contributed by atoms with E-state index in [2.05, 4.69) is 0 Å². The van der Waals surface area contributed by atoms with Crippen LogP contribution in [0.2, 0.25) is 0 Å². The highest BCUT2D eigenvalue weighted by molar-refractivity contribution is 6.30. The summed E-state index contributed by atoms with van der Waals surface area (Å²) in [6.45, 7) is 2.29. The van der Waals surface area contributed by atoms with Crippen molar-refractivity contribution >= 4 is 17.3 Å². The van der Waals surface area contributed by atoms with E-state index in [-0.39, 0.29) is 17.0 Å². The Labute approximate surface area is 158 Å². The average Bonchev–Trinajstić information content (AvgIpc) is 2.63. The van der Waals surface area contributed by atoms with E-state index in [1.807, 2.05) is 25.1 Å². The Morgan fingerprint density at radius 3 is 2.15 bits per heavy atom. The molecule has 0 heterocycles. The van der Waals surface area contributed by atoms with Gasteiger partial charge in [0.05, 0.1) is 5.71 Å². The van der Waals surface area contributed by atoms with Crippen molar-refractivity contribution in [1.29, 1.82) is 5.41 Å². The number of aliphatic hydroxyl groups excluding tert-OH is 1. The van der Waals surface area contributed by atoms with Crippen LogP contribution in [0.15, 0.2) is 65.9 Å². The average molecular weight is 369 g/mol. The maximum atomic E-state index is 13.3. The number of hydrogen-bond acceptors (Lipinski definition) is 4. The fraction of sp³-hybridized carbons (Fsp3) is 0.238. The van der Waals surface area contributed by atoms with Gasteiger partial charge in [-0.15, -0.1) is 0 Å². The number of hydrogen-bond donors (Lipinski definition) is 2. The van der Waals surface area contributed by atoms with Crippen LogP contribution in [0, 0.1) is 11.2 Å². The number of allylic oxidation sites excluding steroid dienone is 1. The molecule has 6 heteroatoms. The summed E-state index contributed by atoms with van der Waals surface area (Å²) in [5.41, 5.74) is 0.894. The summed E-state index contributed by atoms with van der Waals surface area (Å²) in [7, 11) is 3.76. The SMILES string of the molecule is CC(O)=C(C(=N)c1ccccc1)C(=O)N(CCN(C)C)c1ccc(F)cc1. The van der Waals surface area contributed by atoms with Crippen molar-refractivity contribution < 1.29 is 14.3 Å². The number of aliphatic hydroxyl groups is 1. The first-order valence-corrected chi connectivity index (χ1v) is 8.57. The van der Waals surface area contributed by atoms with E-state index < -0.39 is 11.7 Å². The summed E-state index contributed by atoms with van der Waals surface area (Å²) in [6, 6.07) is 14.4. The fourth-order valence-electron chi connectivity index (χ4n) is 2.60. The Kier molecular flexibility index (Phi) is 6.85. The third-order valence-electron chi connectivity index (χ3n) is 4.04. The molecule has 0 aliphatic carbocycles. The minimum Gasteiger partial charge on any atom is -0.512 e. The summed E-state index contributed by atoms with van der Waals surface area (Å²) < 4.78 is 13.3. The van der Waals surface area contributed by atoms with Crippen LogP contribution in [0.5, 0.6) is 0 Å². The van der Waals surface area contributed by atoms with Gasteiger partial charge in [-0.1, -0.05) is 30.3 Å². The summed E-state index contributed by atoms with van der Waals surface area (Å²) in [6.07, 6.45) is 0. The van der Waals surface area contributed by atoms with E-state index in [0.29, 0.717) is 24.3 Å². The van der Waals surface area contributed by atoms with E-state index in [9.17, 15) is 14.3 Å². The number of halogens is 1. The van der Waals surface area contributed by atoms with E-state index in [0.717, 1.165) is 0 Å². The zero-order valence-corrected chi connectivity index (χ0v) is 15.7. The van der Waals surface area contributed by atoms with E-state index in [4.69, 9.17) is 5.41 Å². The Morgan fingerprint density at radius 2 is 1.63 bits per heavy atom. The number of rotatable bonds is 7. The molecule has 0 fully saturated rings. The van der Waals surface area contributed by atoms with Gasteiger partial charge in [-0.25, -0.2) is 4.39 Å². The molecule has 142 valence electrons. The molecule has 0 aliphatic rings. The van der Waals surface area contributed by atoms with Crippen molar-refractivity contribution in [3.8, 4) is 0 Å². The minimum atomic E-state index is -0.502.